The molecule has 114 valence electrons. The molecule has 7 heteroatoms. The zero-order valence-electron chi connectivity index (χ0n) is 12.3. The van der Waals surface area contributed by atoms with Gasteiger partial charge in [0.25, 0.3) is 0 Å². The van der Waals surface area contributed by atoms with Crippen LogP contribution in [0.25, 0.3) is 0 Å². The van der Waals surface area contributed by atoms with Crippen molar-refractivity contribution >= 4 is 31.3 Å². The van der Waals surface area contributed by atoms with E-state index in [0.29, 0.717) is 22.6 Å². The van der Waals surface area contributed by atoms with Gasteiger partial charge >= 0.3 is 0 Å². The fourth-order valence-corrected chi connectivity index (χ4v) is 4.86. The first-order chi connectivity index (χ1) is 9.70. The SMILES string of the molecule is C[Si](C)(C)CC(O)(Cn1cncn1)c1ccc(Cl)c(Cl)c1. The summed E-state index contributed by atoms with van der Waals surface area (Å²) < 4.78 is 1.64. The van der Waals surface area contributed by atoms with Crippen LogP contribution in [0.4, 0.5) is 0 Å². The average Bonchev–Trinajstić information content (AvgIpc) is 2.82. The molecule has 1 aromatic heterocycles. The fourth-order valence-electron chi connectivity index (χ4n) is 2.49. The Kier molecular flexibility index (Phi) is 4.78. The van der Waals surface area contributed by atoms with Crippen molar-refractivity contribution in [3.05, 3.63) is 46.5 Å². The van der Waals surface area contributed by atoms with E-state index in [-0.39, 0.29) is 0 Å². The summed E-state index contributed by atoms with van der Waals surface area (Å²) in [5.41, 5.74) is -0.276. The van der Waals surface area contributed by atoms with E-state index in [2.05, 4.69) is 29.7 Å². The fraction of sp³-hybridized carbons (Fsp3) is 0.429. The van der Waals surface area contributed by atoms with E-state index in [0.717, 1.165) is 5.56 Å². The third-order valence-electron chi connectivity index (χ3n) is 3.17. The van der Waals surface area contributed by atoms with Gasteiger partial charge in [-0.3, -0.25) is 0 Å². The number of hydrogen-bond acceptors (Lipinski definition) is 3. The molecule has 0 aliphatic heterocycles. The zero-order valence-corrected chi connectivity index (χ0v) is 14.9. The van der Waals surface area contributed by atoms with Gasteiger partial charge in [0.2, 0.25) is 0 Å². The second kappa shape index (κ2) is 6.08. The van der Waals surface area contributed by atoms with Crippen molar-refractivity contribution in [1.29, 1.82) is 0 Å². The largest absolute Gasteiger partial charge is 0.384 e. The van der Waals surface area contributed by atoms with Crippen molar-refractivity contribution in [2.45, 2.75) is 37.8 Å². The molecule has 0 saturated heterocycles. The molecule has 1 unspecified atom stereocenters. The van der Waals surface area contributed by atoms with Crippen LogP contribution in [0.15, 0.2) is 30.9 Å². The minimum absolute atomic E-state index is 0.342. The predicted molar refractivity (Wildman–Crippen MR) is 88.5 cm³/mol. The van der Waals surface area contributed by atoms with Crippen molar-refractivity contribution in [2.75, 3.05) is 0 Å². The molecule has 1 atom stereocenters. The van der Waals surface area contributed by atoms with E-state index in [1.165, 1.54) is 6.33 Å². The van der Waals surface area contributed by atoms with Crippen LogP contribution < -0.4 is 0 Å². The minimum Gasteiger partial charge on any atom is -0.384 e. The Balaban J connectivity index is 2.41. The highest BCUT2D eigenvalue weighted by molar-refractivity contribution is 6.76. The Labute approximate surface area is 135 Å². The summed E-state index contributed by atoms with van der Waals surface area (Å²) in [5, 5.41) is 16.3. The first-order valence-electron chi connectivity index (χ1n) is 6.70. The first-order valence-corrected chi connectivity index (χ1v) is 11.2. The first kappa shape index (κ1) is 16.5. The summed E-state index contributed by atoms with van der Waals surface area (Å²) in [7, 11) is -1.53. The highest BCUT2D eigenvalue weighted by Crippen LogP contribution is 2.35. The van der Waals surface area contributed by atoms with Crippen LogP contribution in [0.1, 0.15) is 5.56 Å². The number of hydrogen-bond donors (Lipinski definition) is 1. The van der Waals surface area contributed by atoms with Crippen molar-refractivity contribution in [3.8, 4) is 0 Å². The van der Waals surface area contributed by atoms with Crippen LogP contribution in [0.3, 0.4) is 0 Å². The van der Waals surface area contributed by atoms with E-state index < -0.39 is 13.7 Å². The number of nitrogens with zero attached hydrogens (tertiary/aromatic N) is 3. The lowest BCUT2D eigenvalue weighted by Crippen LogP contribution is -2.39. The smallest absolute Gasteiger partial charge is 0.137 e. The summed E-state index contributed by atoms with van der Waals surface area (Å²) in [6.45, 7) is 7.00. The molecule has 0 saturated carbocycles. The van der Waals surface area contributed by atoms with Crippen LogP contribution in [0.5, 0.6) is 0 Å². The van der Waals surface area contributed by atoms with Gasteiger partial charge in [-0.15, -0.1) is 0 Å². The van der Waals surface area contributed by atoms with Gasteiger partial charge < -0.3 is 5.11 Å². The maximum absolute atomic E-state index is 11.2. The molecule has 21 heavy (non-hydrogen) atoms. The van der Waals surface area contributed by atoms with Crippen molar-refractivity contribution in [1.82, 2.24) is 14.8 Å². The third-order valence-corrected chi connectivity index (χ3v) is 5.55. The molecule has 4 nitrogen and oxygen atoms in total. The number of halogens is 2. The van der Waals surface area contributed by atoms with Crippen LogP contribution in [0, 0.1) is 0 Å². The molecule has 0 aliphatic rings. The van der Waals surface area contributed by atoms with E-state index in [1.54, 1.807) is 23.1 Å². The Morgan fingerprint density at radius 3 is 2.48 bits per heavy atom. The molecular weight excluding hydrogens is 325 g/mol. The quantitative estimate of drug-likeness (QED) is 0.839. The maximum atomic E-state index is 11.2. The molecule has 0 spiro atoms. The summed E-state index contributed by atoms with van der Waals surface area (Å²) in [5.74, 6) is 0. The van der Waals surface area contributed by atoms with Crippen molar-refractivity contribution < 1.29 is 5.11 Å². The maximum Gasteiger partial charge on any atom is 0.137 e. The molecule has 0 fully saturated rings. The Bertz CT molecular complexity index is 613. The Morgan fingerprint density at radius 2 is 1.95 bits per heavy atom. The normalized spacial score (nSPS) is 15.0. The van der Waals surface area contributed by atoms with Crippen molar-refractivity contribution in [2.24, 2.45) is 0 Å². The van der Waals surface area contributed by atoms with Gasteiger partial charge in [-0.05, 0) is 23.7 Å². The van der Waals surface area contributed by atoms with Gasteiger partial charge in [-0.25, -0.2) is 9.67 Å². The van der Waals surface area contributed by atoms with Gasteiger partial charge in [-0.2, -0.15) is 5.10 Å². The van der Waals surface area contributed by atoms with Gasteiger partial charge in [0, 0.05) is 8.07 Å². The van der Waals surface area contributed by atoms with E-state index in [9.17, 15) is 5.11 Å². The predicted octanol–water partition coefficient (Wildman–Crippen LogP) is 3.81. The second-order valence-corrected chi connectivity index (χ2v) is 12.8. The monoisotopic (exact) mass is 343 g/mol. The molecule has 1 N–H and O–H groups in total. The highest BCUT2D eigenvalue weighted by atomic mass is 35.5. The van der Waals surface area contributed by atoms with E-state index in [4.69, 9.17) is 23.2 Å². The van der Waals surface area contributed by atoms with E-state index in [1.807, 2.05) is 6.07 Å². The van der Waals surface area contributed by atoms with Gasteiger partial charge in [0.05, 0.1) is 16.6 Å². The van der Waals surface area contributed by atoms with Crippen LogP contribution in [-0.4, -0.2) is 27.9 Å². The number of aromatic nitrogens is 3. The molecule has 0 bridgehead atoms. The lowest BCUT2D eigenvalue weighted by atomic mass is 9.96. The molecule has 0 radical (unpaired) electrons. The standard InChI is InChI=1S/C14H19Cl2N3OSi/c1-21(2,3)8-14(20,7-19-10-17-9-18-19)11-4-5-12(15)13(16)6-11/h4-6,9-10,20H,7-8H2,1-3H3. The van der Waals surface area contributed by atoms with Gasteiger partial charge in [0.15, 0.2) is 0 Å². The van der Waals surface area contributed by atoms with Crippen molar-refractivity contribution in [3.63, 3.8) is 0 Å². The lowest BCUT2D eigenvalue weighted by Gasteiger charge is -2.34. The number of benzene rings is 1. The summed E-state index contributed by atoms with van der Waals surface area (Å²) in [6, 6.07) is 5.97. The molecule has 1 heterocycles. The summed E-state index contributed by atoms with van der Waals surface area (Å²) in [4.78, 5) is 3.93. The van der Waals surface area contributed by atoms with Crippen LogP contribution in [-0.2, 0) is 12.1 Å². The van der Waals surface area contributed by atoms with Crippen LogP contribution in [0.2, 0.25) is 35.7 Å². The lowest BCUT2D eigenvalue weighted by molar-refractivity contribution is 0.0332. The van der Waals surface area contributed by atoms with Crippen LogP contribution >= 0.6 is 23.2 Å². The summed E-state index contributed by atoms with van der Waals surface area (Å²) in [6.07, 6.45) is 3.07. The Hall–Kier alpha value is -0.883. The zero-order chi connectivity index (χ0) is 15.7. The average molecular weight is 344 g/mol. The summed E-state index contributed by atoms with van der Waals surface area (Å²) >= 11 is 12.1. The molecular formula is C14H19Cl2N3OSi. The highest BCUT2D eigenvalue weighted by Gasteiger charge is 2.36. The molecule has 2 aromatic rings. The molecule has 2 rings (SSSR count). The minimum atomic E-state index is -1.53. The third kappa shape index (κ3) is 4.29. The number of rotatable bonds is 5. The number of aliphatic hydroxyl groups is 1. The molecule has 1 aromatic carbocycles. The topological polar surface area (TPSA) is 50.9 Å². The van der Waals surface area contributed by atoms with E-state index >= 15 is 0 Å². The molecule has 0 amide bonds. The van der Waals surface area contributed by atoms with Gasteiger partial charge in [0.1, 0.15) is 18.3 Å². The van der Waals surface area contributed by atoms with Gasteiger partial charge in [-0.1, -0.05) is 48.9 Å². The molecule has 0 aliphatic carbocycles. The Morgan fingerprint density at radius 1 is 1.24 bits per heavy atom. The second-order valence-electron chi connectivity index (χ2n) is 6.49.